The van der Waals surface area contributed by atoms with Crippen LogP contribution in [-0.2, 0) is 0 Å². The van der Waals surface area contributed by atoms with E-state index in [0.29, 0.717) is 0 Å². The van der Waals surface area contributed by atoms with Crippen LogP contribution in [0.3, 0.4) is 0 Å². The lowest BCUT2D eigenvalue weighted by Gasteiger charge is -1.99. The lowest BCUT2D eigenvalue weighted by Crippen LogP contribution is -1.82. The van der Waals surface area contributed by atoms with Crippen LogP contribution < -0.4 is 4.74 Å². The third-order valence-corrected chi connectivity index (χ3v) is 2.50. The molecule has 0 unspecified atom stereocenters. The Hall–Kier alpha value is -2.09. The molecule has 0 saturated carbocycles. The fraction of sp³-hybridized carbons (Fsp3) is 0.133. The van der Waals surface area contributed by atoms with Gasteiger partial charge in [0.15, 0.2) is 0 Å². The first-order valence-corrected chi connectivity index (χ1v) is 5.53. The fourth-order valence-electron chi connectivity index (χ4n) is 1.58. The van der Waals surface area contributed by atoms with Gasteiger partial charge in [0.05, 0.1) is 7.11 Å². The van der Waals surface area contributed by atoms with E-state index in [1.807, 2.05) is 43.5 Å². The Bertz CT molecular complexity index is 515. The van der Waals surface area contributed by atoms with Crippen molar-refractivity contribution in [3.63, 3.8) is 0 Å². The maximum Gasteiger partial charge on any atom is 0.118 e. The fourth-order valence-corrected chi connectivity index (χ4v) is 1.58. The van der Waals surface area contributed by atoms with Crippen LogP contribution >= 0.6 is 0 Å². The average molecular weight is 225 g/mol. The van der Waals surface area contributed by atoms with Gasteiger partial charge in [-0.3, -0.25) is 4.98 Å². The first-order chi connectivity index (χ1) is 8.28. The Morgan fingerprint density at radius 2 is 1.71 bits per heavy atom. The summed E-state index contributed by atoms with van der Waals surface area (Å²) in [5.41, 5.74) is 3.34. The van der Waals surface area contributed by atoms with E-state index in [1.165, 1.54) is 0 Å². The third kappa shape index (κ3) is 3.18. The van der Waals surface area contributed by atoms with E-state index < -0.39 is 0 Å². The minimum atomic E-state index is 0.877. The molecule has 0 atom stereocenters. The summed E-state index contributed by atoms with van der Waals surface area (Å²) in [4.78, 5) is 4.17. The summed E-state index contributed by atoms with van der Waals surface area (Å²) in [6.45, 7) is 1.99. The Labute approximate surface area is 102 Å². The molecular weight excluding hydrogens is 210 g/mol. The van der Waals surface area contributed by atoms with Crippen molar-refractivity contribution in [2.75, 3.05) is 7.11 Å². The molecule has 0 spiro atoms. The summed E-state index contributed by atoms with van der Waals surface area (Å²) in [6.07, 6.45) is 5.98. The van der Waals surface area contributed by atoms with Crippen LogP contribution in [-0.4, -0.2) is 12.1 Å². The second-order valence-corrected chi connectivity index (χ2v) is 3.84. The Balaban J connectivity index is 2.14. The standard InChI is InChI=1S/C15H15NO/c1-12-11-14(9-10-16-12)4-3-13-5-7-15(17-2)8-6-13/h3-11H,1-2H3/b4-3+. The quantitative estimate of drug-likeness (QED) is 0.796. The van der Waals surface area contributed by atoms with Crippen molar-refractivity contribution in [2.24, 2.45) is 0 Å². The van der Waals surface area contributed by atoms with Crippen molar-refractivity contribution in [3.8, 4) is 5.75 Å². The van der Waals surface area contributed by atoms with Crippen LogP contribution in [0.2, 0.25) is 0 Å². The van der Waals surface area contributed by atoms with Gasteiger partial charge >= 0.3 is 0 Å². The molecule has 2 aromatic rings. The average Bonchev–Trinajstić information content (AvgIpc) is 2.37. The van der Waals surface area contributed by atoms with Crippen molar-refractivity contribution in [2.45, 2.75) is 6.92 Å². The lowest BCUT2D eigenvalue weighted by atomic mass is 10.1. The zero-order valence-corrected chi connectivity index (χ0v) is 10.1. The molecule has 86 valence electrons. The molecule has 0 amide bonds. The molecule has 0 fully saturated rings. The number of pyridine rings is 1. The van der Waals surface area contributed by atoms with Gasteiger partial charge in [-0.2, -0.15) is 0 Å². The van der Waals surface area contributed by atoms with Gasteiger partial charge in [0.25, 0.3) is 0 Å². The minimum absolute atomic E-state index is 0.877. The zero-order chi connectivity index (χ0) is 12.1. The molecule has 2 rings (SSSR count). The van der Waals surface area contributed by atoms with Crippen LogP contribution in [0.5, 0.6) is 5.75 Å². The largest absolute Gasteiger partial charge is 0.497 e. The molecule has 1 heterocycles. The summed E-state index contributed by atoms with van der Waals surface area (Å²) in [6, 6.07) is 12.0. The molecule has 1 aromatic heterocycles. The summed E-state index contributed by atoms with van der Waals surface area (Å²) in [7, 11) is 1.67. The van der Waals surface area contributed by atoms with Gasteiger partial charge < -0.3 is 4.74 Å². The molecular formula is C15H15NO. The first-order valence-electron chi connectivity index (χ1n) is 5.53. The molecule has 17 heavy (non-hydrogen) atoms. The zero-order valence-electron chi connectivity index (χ0n) is 10.1. The van der Waals surface area contributed by atoms with Gasteiger partial charge in [0.1, 0.15) is 5.75 Å². The third-order valence-electron chi connectivity index (χ3n) is 2.50. The number of hydrogen-bond acceptors (Lipinski definition) is 2. The lowest BCUT2D eigenvalue weighted by molar-refractivity contribution is 0.415. The minimum Gasteiger partial charge on any atom is -0.497 e. The number of aromatic nitrogens is 1. The monoisotopic (exact) mass is 225 g/mol. The normalized spacial score (nSPS) is 10.7. The van der Waals surface area contributed by atoms with E-state index in [2.05, 4.69) is 23.2 Å². The molecule has 2 heteroatoms. The summed E-state index contributed by atoms with van der Waals surface area (Å²) < 4.78 is 5.12. The number of aryl methyl sites for hydroxylation is 1. The highest BCUT2D eigenvalue weighted by molar-refractivity contribution is 5.69. The second kappa shape index (κ2) is 5.30. The van der Waals surface area contributed by atoms with Crippen LogP contribution in [0, 0.1) is 6.92 Å². The van der Waals surface area contributed by atoms with Gasteiger partial charge in [-0.1, -0.05) is 24.3 Å². The van der Waals surface area contributed by atoms with E-state index in [0.717, 1.165) is 22.6 Å². The Kier molecular flexibility index (Phi) is 3.55. The predicted octanol–water partition coefficient (Wildman–Crippen LogP) is 3.57. The van der Waals surface area contributed by atoms with E-state index in [1.54, 1.807) is 7.11 Å². The van der Waals surface area contributed by atoms with Gasteiger partial charge in [-0.15, -0.1) is 0 Å². The smallest absolute Gasteiger partial charge is 0.118 e. The van der Waals surface area contributed by atoms with Gasteiger partial charge in [-0.25, -0.2) is 0 Å². The molecule has 1 aromatic carbocycles. The Morgan fingerprint density at radius 1 is 1.00 bits per heavy atom. The molecule has 0 bridgehead atoms. The highest BCUT2D eigenvalue weighted by Gasteiger charge is 1.91. The van der Waals surface area contributed by atoms with Crippen molar-refractivity contribution in [3.05, 3.63) is 59.4 Å². The number of hydrogen-bond donors (Lipinski definition) is 0. The molecule has 0 aliphatic carbocycles. The maximum absolute atomic E-state index is 5.12. The molecule has 0 radical (unpaired) electrons. The highest BCUT2D eigenvalue weighted by Crippen LogP contribution is 2.14. The van der Waals surface area contributed by atoms with E-state index in [9.17, 15) is 0 Å². The summed E-state index contributed by atoms with van der Waals surface area (Å²) in [5.74, 6) is 0.877. The van der Waals surface area contributed by atoms with Gasteiger partial charge in [0.2, 0.25) is 0 Å². The molecule has 0 N–H and O–H groups in total. The topological polar surface area (TPSA) is 22.1 Å². The predicted molar refractivity (Wildman–Crippen MR) is 70.9 cm³/mol. The van der Waals surface area contributed by atoms with Gasteiger partial charge in [-0.05, 0) is 42.3 Å². The van der Waals surface area contributed by atoms with Crippen LogP contribution in [0.4, 0.5) is 0 Å². The number of rotatable bonds is 3. The Morgan fingerprint density at radius 3 is 2.35 bits per heavy atom. The van der Waals surface area contributed by atoms with Crippen molar-refractivity contribution in [1.29, 1.82) is 0 Å². The van der Waals surface area contributed by atoms with Crippen LogP contribution in [0.25, 0.3) is 12.2 Å². The molecule has 0 aliphatic rings. The van der Waals surface area contributed by atoms with Crippen molar-refractivity contribution >= 4 is 12.2 Å². The van der Waals surface area contributed by atoms with E-state index >= 15 is 0 Å². The number of benzene rings is 1. The maximum atomic E-state index is 5.12. The summed E-state index contributed by atoms with van der Waals surface area (Å²) >= 11 is 0. The molecule has 0 saturated heterocycles. The van der Waals surface area contributed by atoms with Crippen LogP contribution in [0.15, 0.2) is 42.6 Å². The SMILES string of the molecule is COc1ccc(/C=C/c2ccnc(C)c2)cc1. The first kappa shape index (κ1) is 11.4. The van der Waals surface area contributed by atoms with E-state index in [4.69, 9.17) is 4.74 Å². The van der Waals surface area contributed by atoms with Crippen LogP contribution in [0.1, 0.15) is 16.8 Å². The number of ether oxygens (including phenoxy) is 1. The summed E-state index contributed by atoms with van der Waals surface area (Å²) in [5, 5.41) is 0. The van der Waals surface area contributed by atoms with Crippen molar-refractivity contribution in [1.82, 2.24) is 4.98 Å². The highest BCUT2D eigenvalue weighted by atomic mass is 16.5. The second-order valence-electron chi connectivity index (χ2n) is 3.84. The number of methoxy groups -OCH3 is 1. The van der Waals surface area contributed by atoms with Crippen molar-refractivity contribution < 1.29 is 4.74 Å². The molecule has 2 nitrogen and oxygen atoms in total. The molecule has 0 aliphatic heterocycles. The number of nitrogens with zero attached hydrogens (tertiary/aromatic N) is 1. The van der Waals surface area contributed by atoms with Gasteiger partial charge in [0, 0.05) is 11.9 Å². The van der Waals surface area contributed by atoms with E-state index in [-0.39, 0.29) is 0 Å².